The number of carboxylic acid groups (broad SMARTS) is 1. The fraction of sp³-hybridized carbons (Fsp3) is 0. The Bertz CT molecular complexity index is 1130. The molecule has 154 valence electrons. The van der Waals surface area contributed by atoms with Crippen LogP contribution in [0, 0.1) is 17.5 Å². The van der Waals surface area contributed by atoms with Crippen molar-refractivity contribution in [2.24, 2.45) is 0 Å². The number of carbonyl (C=O) groups is 2. The summed E-state index contributed by atoms with van der Waals surface area (Å²) in [6.45, 7) is 0. The van der Waals surface area contributed by atoms with E-state index < -0.39 is 40.2 Å². The summed E-state index contributed by atoms with van der Waals surface area (Å²) < 4.78 is 46.1. The highest BCUT2D eigenvalue weighted by Gasteiger charge is 2.19. The molecule has 0 aliphatic rings. The minimum absolute atomic E-state index is 0.190. The summed E-state index contributed by atoms with van der Waals surface area (Å²) in [6, 6.07) is 8.12. The molecule has 3 aromatic rings. The van der Waals surface area contributed by atoms with Gasteiger partial charge in [0.1, 0.15) is 22.3 Å². The lowest BCUT2D eigenvalue weighted by atomic mass is 10.2. The molecule has 7 nitrogen and oxygen atoms in total. The summed E-state index contributed by atoms with van der Waals surface area (Å²) in [5.74, 6) is -4.98. The fourth-order valence-corrected chi connectivity index (χ4v) is 2.42. The third-order valence-corrected chi connectivity index (χ3v) is 4.00. The molecule has 2 aromatic carbocycles. The number of rotatable bonds is 5. The number of aromatic nitrogens is 1. The summed E-state index contributed by atoms with van der Waals surface area (Å²) in [6.07, 6.45) is 1.28. The van der Waals surface area contributed by atoms with Gasteiger partial charge in [-0.25, -0.2) is 27.7 Å². The van der Waals surface area contributed by atoms with Crippen molar-refractivity contribution in [2.45, 2.75) is 0 Å². The average molecular weight is 438 g/mol. The third kappa shape index (κ3) is 4.78. The van der Waals surface area contributed by atoms with Crippen LogP contribution in [0.25, 0.3) is 0 Å². The second-order valence-electron chi connectivity index (χ2n) is 5.74. The van der Waals surface area contributed by atoms with Crippen molar-refractivity contribution < 1.29 is 32.6 Å². The number of anilines is 2. The number of pyridine rings is 1. The van der Waals surface area contributed by atoms with Crippen molar-refractivity contribution in [3.05, 3.63) is 76.8 Å². The number of nitrogens with one attached hydrogen (secondary N) is 2. The van der Waals surface area contributed by atoms with Gasteiger partial charge in [0.15, 0.2) is 17.3 Å². The van der Waals surface area contributed by atoms with E-state index in [1.54, 1.807) is 0 Å². The van der Waals surface area contributed by atoms with Gasteiger partial charge >= 0.3 is 12.0 Å². The zero-order valence-corrected chi connectivity index (χ0v) is 15.5. The van der Waals surface area contributed by atoms with Crippen molar-refractivity contribution in [3.8, 4) is 11.5 Å². The summed E-state index contributed by atoms with van der Waals surface area (Å²) in [4.78, 5) is 26.5. The summed E-state index contributed by atoms with van der Waals surface area (Å²) >= 11 is 5.26. The third-order valence-electron chi connectivity index (χ3n) is 3.65. The highest BCUT2D eigenvalue weighted by Crippen LogP contribution is 2.28. The lowest BCUT2D eigenvalue weighted by Gasteiger charge is -2.11. The molecule has 1 aromatic heterocycles. The number of hydrogen-bond donors (Lipinski definition) is 3. The van der Waals surface area contributed by atoms with E-state index in [4.69, 9.17) is 21.4 Å². The highest BCUT2D eigenvalue weighted by molar-refractivity contribution is 6.31. The van der Waals surface area contributed by atoms with E-state index in [-0.39, 0.29) is 17.1 Å². The van der Waals surface area contributed by atoms with Gasteiger partial charge in [0.05, 0.1) is 5.69 Å². The first kappa shape index (κ1) is 20.9. The maximum absolute atomic E-state index is 13.8. The number of aromatic carboxylic acids is 1. The van der Waals surface area contributed by atoms with Gasteiger partial charge < -0.3 is 20.5 Å². The smallest absolute Gasteiger partial charge is 0.354 e. The quantitative estimate of drug-likeness (QED) is 0.372. The van der Waals surface area contributed by atoms with Crippen molar-refractivity contribution in [1.82, 2.24) is 4.98 Å². The number of amides is 2. The second-order valence-corrected chi connectivity index (χ2v) is 6.11. The Morgan fingerprint density at radius 3 is 2.33 bits per heavy atom. The number of halogens is 4. The Kier molecular flexibility index (Phi) is 6.07. The molecule has 0 fully saturated rings. The van der Waals surface area contributed by atoms with Crippen LogP contribution in [0.1, 0.15) is 10.5 Å². The minimum atomic E-state index is -1.62. The maximum atomic E-state index is 13.8. The van der Waals surface area contributed by atoms with Crippen LogP contribution in [-0.2, 0) is 0 Å². The van der Waals surface area contributed by atoms with Gasteiger partial charge in [-0.2, -0.15) is 0 Å². The fourth-order valence-electron chi connectivity index (χ4n) is 2.28. The van der Waals surface area contributed by atoms with E-state index in [0.29, 0.717) is 11.8 Å². The van der Waals surface area contributed by atoms with Crippen molar-refractivity contribution in [2.75, 3.05) is 10.6 Å². The molecule has 0 atom stereocenters. The number of urea groups is 1. The SMILES string of the molecule is O=C(Nc1ccc(Oc2ccnc(C(=O)O)c2)cc1)Nc1cc(F)c(Cl)c(F)c1F. The molecule has 0 bridgehead atoms. The van der Waals surface area contributed by atoms with Crippen LogP contribution in [0.2, 0.25) is 5.02 Å². The molecule has 2 amide bonds. The number of carboxylic acids is 1. The Balaban J connectivity index is 1.65. The minimum Gasteiger partial charge on any atom is -0.477 e. The number of ether oxygens (including phenoxy) is 1. The molecule has 0 unspecified atom stereocenters. The average Bonchev–Trinajstić information content (AvgIpc) is 2.72. The van der Waals surface area contributed by atoms with Gasteiger partial charge in [-0.1, -0.05) is 11.6 Å². The molecule has 3 N–H and O–H groups in total. The highest BCUT2D eigenvalue weighted by atomic mass is 35.5. The maximum Gasteiger partial charge on any atom is 0.354 e. The monoisotopic (exact) mass is 437 g/mol. The molecule has 0 saturated carbocycles. The van der Waals surface area contributed by atoms with Gasteiger partial charge in [-0.05, 0) is 30.3 Å². The Morgan fingerprint density at radius 1 is 0.967 bits per heavy atom. The Hall–Kier alpha value is -3.79. The van der Waals surface area contributed by atoms with Crippen molar-refractivity contribution in [3.63, 3.8) is 0 Å². The first-order valence-corrected chi connectivity index (χ1v) is 8.50. The molecule has 0 aliphatic heterocycles. The van der Waals surface area contributed by atoms with Gasteiger partial charge in [0.25, 0.3) is 0 Å². The summed E-state index contributed by atoms with van der Waals surface area (Å²) in [5.41, 5.74) is -0.653. The van der Waals surface area contributed by atoms with E-state index in [0.717, 1.165) is 0 Å². The molecular formula is C19H11ClF3N3O4. The predicted molar refractivity (Wildman–Crippen MR) is 102 cm³/mol. The van der Waals surface area contributed by atoms with Crippen LogP contribution in [0.15, 0.2) is 48.7 Å². The van der Waals surface area contributed by atoms with Gasteiger partial charge in [-0.15, -0.1) is 0 Å². The van der Waals surface area contributed by atoms with Gasteiger partial charge in [-0.3, -0.25) is 0 Å². The molecule has 11 heteroatoms. The Labute approximate surface area is 172 Å². The van der Waals surface area contributed by atoms with Crippen molar-refractivity contribution in [1.29, 1.82) is 0 Å². The first-order valence-electron chi connectivity index (χ1n) is 8.13. The molecule has 0 saturated heterocycles. The topological polar surface area (TPSA) is 101 Å². The normalized spacial score (nSPS) is 10.4. The molecule has 0 spiro atoms. The standard InChI is InChI=1S/C19H11ClF3N3O4/c20-15-12(21)8-13(16(22)17(15)23)26-19(29)25-9-1-3-10(4-2-9)30-11-5-6-24-14(7-11)18(27)28/h1-8H,(H,27,28)(H2,25,26,29). The van der Waals surface area contributed by atoms with Gasteiger partial charge in [0, 0.05) is 24.0 Å². The zero-order chi connectivity index (χ0) is 21.8. The van der Waals surface area contributed by atoms with E-state index in [1.165, 1.54) is 42.6 Å². The molecular weight excluding hydrogens is 427 g/mol. The lowest BCUT2D eigenvalue weighted by Crippen LogP contribution is -2.20. The molecule has 0 aliphatic carbocycles. The van der Waals surface area contributed by atoms with Crippen LogP contribution < -0.4 is 15.4 Å². The molecule has 30 heavy (non-hydrogen) atoms. The van der Waals surface area contributed by atoms with E-state index in [1.807, 2.05) is 5.32 Å². The van der Waals surface area contributed by atoms with Crippen LogP contribution >= 0.6 is 11.6 Å². The second kappa shape index (κ2) is 8.70. The zero-order valence-electron chi connectivity index (χ0n) is 14.7. The van der Waals surface area contributed by atoms with Crippen LogP contribution in [0.3, 0.4) is 0 Å². The number of hydrogen-bond acceptors (Lipinski definition) is 4. The molecule has 0 radical (unpaired) electrons. The summed E-state index contributed by atoms with van der Waals surface area (Å²) in [5, 5.41) is 12.2. The largest absolute Gasteiger partial charge is 0.477 e. The van der Waals surface area contributed by atoms with Gasteiger partial charge in [0.2, 0.25) is 0 Å². The van der Waals surface area contributed by atoms with E-state index in [2.05, 4.69) is 10.3 Å². The predicted octanol–water partition coefficient (Wildman–Crippen LogP) is 5.29. The Morgan fingerprint density at radius 2 is 1.67 bits per heavy atom. The van der Waals surface area contributed by atoms with Crippen LogP contribution in [0.5, 0.6) is 11.5 Å². The first-order chi connectivity index (χ1) is 14.2. The summed E-state index contributed by atoms with van der Waals surface area (Å²) in [7, 11) is 0. The van der Waals surface area contributed by atoms with Crippen LogP contribution in [0.4, 0.5) is 29.3 Å². The van der Waals surface area contributed by atoms with Crippen molar-refractivity contribution >= 4 is 35.0 Å². The van der Waals surface area contributed by atoms with E-state index in [9.17, 15) is 22.8 Å². The van der Waals surface area contributed by atoms with Crippen LogP contribution in [-0.4, -0.2) is 22.1 Å². The molecule has 1 heterocycles. The number of nitrogens with zero attached hydrogens (tertiary/aromatic N) is 1. The number of carbonyl (C=O) groups excluding carboxylic acids is 1. The lowest BCUT2D eigenvalue weighted by molar-refractivity contribution is 0.0690. The van der Waals surface area contributed by atoms with E-state index >= 15 is 0 Å². The molecule has 3 rings (SSSR count). The number of benzene rings is 2.